The monoisotopic (exact) mass is 288 g/mol. The van der Waals surface area contributed by atoms with Crippen molar-refractivity contribution in [1.82, 2.24) is 19.9 Å². The summed E-state index contributed by atoms with van der Waals surface area (Å²) in [6.07, 6.45) is 6.00. The Kier molecular flexibility index (Phi) is 4.92. The summed E-state index contributed by atoms with van der Waals surface area (Å²) < 4.78 is 2.11. The molecule has 0 atom stereocenters. The molecule has 0 unspecified atom stereocenters. The van der Waals surface area contributed by atoms with Crippen LogP contribution in [0.4, 0.5) is 0 Å². The minimum Gasteiger partial charge on any atom is -0.352 e. The van der Waals surface area contributed by atoms with E-state index in [0.717, 1.165) is 18.8 Å². The molecule has 112 valence electrons. The average Bonchev–Trinajstić information content (AvgIpc) is 2.92. The van der Waals surface area contributed by atoms with Crippen molar-refractivity contribution in [2.45, 2.75) is 32.7 Å². The highest BCUT2D eigenvalue weighted by Gasteiger charge is 2.07. The van der Waals surface area contributed by atoms with E-state index in [9.17, 15) is 9.59 Å². The highest BCUT2D eigenvalue weighted by molar-refractivity contribution is 5.93. The molecule has 1 amide bonds. The Morgan fingerprint density at radius 1 is 1.43 bits per heavy atom. The van der Waals surface area contributed by atoms with Gasteiger partial charge in [0.25, 0.3) is 5.91 Å². The smallest absolute Gasteiger partial charge is 0.252 e. The van der Waals surface area contributed by atoms with Gasteiger partial charge in [0.05, 0.1) is 5.56 Å². The van der Waals surface area contributed by atoms with Crippen molar-refractivity contribution < 1.29 is 4.79 Å². The molecule has 2 aromatic rings. The van der Waals surface area contributed by atoms with Crippen LogP contribution < -0.4 is 10.9 Å². The third-order valence-electron chi connectivity index (χ3n) is 3.17. The molecule has 0 saturated heterocycles. The van der Waals surface area contributed by atoms with Crippen LogP contribution in [-0.2, 0) is 6.54 Å². The van der Waals surface area contributed by atoms with Crippen molar-refractivity contribution in [1.29, 1.82) is 0 Å². The molecule has 2 heterocycles. The van der Waals surface area contributed by atoms with Gasteiger partial charge < -0.3 is 14.9 Å². The number of nitrogens with zero attached hydrogens (tertiary/aromatic N) is 2. The Bertz CT molecular complexity index is 637. The van der Waals surface area contributed by atoms with Crippen LogP contribution in [0.25, 0.3) is 0 Å². The molecule has 21 heavy (non-hydrogen) atoms. The first-order chi connectivity index (χ1) is 10.1. The van der Waals surface area contributed by atoms with E-state index in [1.165, 1.54) is 18.3 Å². The van der Waals surface area contributed by atoms with Crippen LogP contribution in [0.1, 0.15) is 42.4 Å². The maximum absolute atomic E-state index is 11.8. The van der Waals surface area contributed by atoms with Crippen LogP contribution in [0.15, 0.2) is 35.5 Å². The van der Waals surface area contributed by atoms with Gasteiger partial charge in [-0.25, -0.2) is 4.98 Å². The average molecular weight is 288 g/mol. The number of hydrogen-bond donors (Lipinski definition) is 2. The van der Waals surface area contributed by atoms with E-state index in [2.05, 4.69) is 33.7 Å². The third kappa shape index (κ3) is 4.05. The van der Waals surface area contributed by atoms with Gasteiger partial charge in [0, 0.05) is 43.7 Å². The molecule has 6 nitrogen and oxygen atoms in total. The number of hydrogen-bond acceptors (Lipinski definition) is 3. The Morgan fingerprint density at radius 2 is 2.24 bits per heavy atom. The maximum atomic E-state index is 11.8. The minimum absolute atomic E-state index is 0.180. The fourth-order valence-electron chi connectivity index (χ4n) is 2.12. The van der Waals surface area contributed by atoms with Crippen LogP contribution >= 0.6 is 0 Å². The van der Waals surface area contributed by atoms with E-state index in [1.54, 1.807) is 6.20 Å². The van der Waals surface area contributed by atoms with Gasteiger partial charge in [-0.3, -0.25) is 9.59 Å². The van der Waals surface area contributed by atoms with Crippen LogP contribution in [0.3, 0.4) is 0 Å². The number of aryl methyl sites for hydroxylation is 1. The highest BCUT2D eigenvalue weighted by Crippen LogP contribution is 2.11. The van der Waals surface area contributed by atoms with Crippen LogP contribution in [-0.4, -0.2) is 27.0 Å². The number of aromatic amines is 1. The fourth-order valence-corrected chi connectivity index (χ4v) is 2.12. The molecular weight excluding hydrogens is 268 g/mol. The molecule has 2 N–H and O–H groups in total. The molecule has 0 aliphatic carbocycles. The van der Waals surface area contributed by atoms with Gasteiger partial charge in [-0.15, -0.1) is 0 Å². The van der Waals surface area contributed by atoms with E-state index < -0.39 is 0 Å². The van der Waals surface area contributed by atoms with Gasteiger partial charge in [-0.05, 0) is 12.5 Å². The first-order valence-corrected chi connectivity index (χ1v) is 7.06. The lowest BCUT2D eigenvalue weighted by molar-refractivity contribution is 0.0952. The van der Waals surface area contributed by atoms with Crippen molar-refractivity contribution >= 4 is 5.91 Å². The van der Waals surface area contributed by atoms with Crippen molar-refractivity contribution in [3.8, 4) is 0 Å². The second-order valence-electron chi connectivity index (χ2n) is 5.18. The standard InChI is InChI=1S/C15H20N4O2/c1-11(2)14-16-7-9-19(14)8-3-6-17-15(21)12-4-5-13(20)18-10-12/h4-5,7,9-11H,3,6,8H2,1-2H3,(H,17,21)(H,18,20). The molecular formula is C15H20N4O2. The minimum atomic E-state index is -0.215. The highest BCUT2D eigenvalue weighted by atomic mass is 16.1. The fraction of sp³-hybridized carbons (Fsp3) is 0.400. The number of amides is 1. The zero-order chi connectivity index (χ0) is 15.2. The van der Waals surface area contributed by atoms with E-state index in [4.69, 9.17) is 0 Å². The van der Waals surface area contributed by atoms with Gasteiger partial charge in [-0.1, -0.05) is 13.8 Å². The summed E-state index contributed by atoms with van der Waals surface area (Å²) in [6.45, 7) is 5.61. The number of imidazole rings is 1. The molecule has 0 aliphatic rings. The van der Waals surface area contributed by atoms with E-state index in [-0.39, 0.29) is 11.5 Å². The van der Waals surface area contributed by atoms with Crippen LogP contribution in [0, 0.1) is 0 Å². The predicted octanol–water partition coefficient (Wildman–Crippen LogP) is 1.51. The second-order valence-corrected chi connectivity index (χ2v) is 5.18. The number of carbonyl (C=O) groups excluding carboxylic acids is 1. The van der Waals surface area contributed by atoms with Gasteiger partial charge in [0.1, 0.15) is 5.82 Å². The molecule has 0 bridgehead atoms. The zero-order valence-corrected chi connectivity index (χ0v) is 12.3. The Labute approximate surface area is 123 Å². The normalized spacial score (nSPS) is 10.8. The SMILES string of the molecule is CC(C)c1nccn1CCCNC(=O)c1ccc(=O)[nH]c1. The molecule has 0 aliphatic heterocycles. The van der Waals surface area contributed by atoms with Crippen molar-refractivity contribution in [3.63, 3.8) is 0 Å². The Hall–Kier alpha value is -2.37. The predicted molar refractivity (Wildman–Crippen MR) is 80.3 cm³/mol. The second kappa shape index (κ2) is 6.88. The largest absolute Gasteiger partial charge is 0.352 e. The van der Waals surface area contributed by atoms with Crippen molar-refractivity contribution in [3.05, 3.63) is 52.5 Å². The molecule has 0 spiro atoms. The molecule has 2 aromatic heterocycles. The molecule has 6 heteroatoms. The Morgan fingerprint density at radius 3 is 2.90 bits per heavy atom. The summed E-state index contributed by atoms with van der Waals surface area (Å²) in [7, 11) is 0. The van der Waals surface area contributed by atoms with Gasteiger partial charge in [-0.2, -0.15) is 0 Å². The maximum Gasteiger partial charge on any atom is 0.252 e. The van der Waals surface area contributed by atoms with Gasteiger partial charge in [0.2, 0.25) is 5.56 Å². The molecule has 0 aromatic carbocycles. The summed E-state index contributed by atoms with van der Waals surface area (Å²) in [6, 6.07) is 2.86. The summed E-state index contributed by atoms with van der Waals surface area (Å²) in [5, 5.41) is 2.83. The lowest BCUT2D eigenvalue weighted by Crippen LogP contribution is -2.26. The number of H-pyrrole nitrogens is 1. The van der Waals surface area contributed by atoms with Gasteiger partial charge >= 0.3 is 0 Å². The van der Waals surface area contributed by atoms with Crippen LogP contribution in [0.2, 0.25) is 0 Å². The molecule has 0 fully saturated rings. The molecule has 0 saturated carbocycles. The lowest BCUT2D eigenvalue weighted by Gasteiger charge is -2.10. The quantitative estimate of drug-likeness (QED) is 0.791. The summed E-state index contributed by atoms with van der Waals surface area (Å²) in [5.74, 6) is 1.26. The lowest BCUT2D eigenvalue weighted by atomic mass is 10.2. The Balaban J connectivity index is 1.79. The number of rotatable bonds is 6. The van der Waals surface area contributed by atoms with E-state index >= 15 is 0 Å². The molecule has 2 rings (SSSR count). The van der Waals surface area contributed by atoms with Gasteiger partial charge in [0.15, 0.2) is 0 Å². The third-order valence-corrected chi connectivity index (χ3v) is 3.17. The zero-order valence-electron chi connectivity index (χ0n) is 12.3. The number of carbonyl (C=O) groups is 1. The number of pyridine rings is 1. The first-order valence-electron chi connectivity index (χ1n) is 7.06. The topological polar surface area (TPSA) is 79.8 Å². The van der Waals surface area contributed by atoms with E-state index in [1.807, 2.05) is 6.20 Å². The number of aromatic nitrogens is 3. The summed E-state index contributed by atoms with van der Waals surface area (Å²) >= 11 is 0. The van der Waals surface area contributed by atoms with E-state index in [0.29, 0.717) is 18.0 Å². The van der Waals surface area contributed by atoms with Crippen LogP contribution in [0.5, 0.6) is 0 Å². The number of nitrogens with one attached hydrogen (secondary N) is 2. The van der Waals surface area contributed by atoms with Crippen molar-refractivity contribution in [2.24, 2.45) is 0 Å². The summed E-state index contributed by atoms with van der Waals surface area (Å²) in [4.78, 5) is 29.6. The van der Waals surface area contributed by atoms with Crippen molar-refractivity contribution in [2.75, 3.05) is 6.54 Å². The molecule has 0 radical (unpaired) electrons. The first kappa shape index (κ1) is 15.0. The summed E-state index contributed by atoms with van der Waals surface area (Å²) in [5.41, 5.74) is 0.243.